The third-order valence-electron chi connectivity index (χ3n) is 2.65. The summed E-state index contributed by atoms with van der Waals surface area (Å²) in [6.07, 6.45) is 1.02. The van der Waals surface area contributed by atoms with E-state index in [2.05, 4.69) is 0 Å². The first-order valence-corrected chi connectivity index (χ1v) is 8.31. The second kappa shape index (κ2) is 6.20. The zero-order chi connectivity index (χ0) is 15.7. The van der Waals surface area contributed by atoms with Crippen molar-refractivity contribution in [2.24, 2.45) is 0 Å². The molecular weight excluding hydrogens is 323 g/mol. The summed E-state index contributed by atoms with van der Waals surface area (Å²) in [6, 6.07) is 3.54. The lowest BCUT2D eigenvalue weighted by atomic mass is 10.2. The molecule has 0 unspecified atom stereocenters. The fraction of sp³-hybridized carbons (Fsp3) is 0.417. The maximum Gasteiger partial charge on any atom is 0.245 e. The molecule has 0 radical (unpaired) electrons. The lowest BCUT2D eigenvalue weighted by Crippen LogP contribution is -2.47. The molecule has 0 fully saturated rings. The van der Waals surface area contributed by atoms with Crippen LogP contribution in [0, 0.1) is 0 Å². The Hall–Kier alpha value is -0.980. The first-order valence-electron chi connectivity index (χ1n) is 5.71. The van der Waals surface area contributed by atoms with Gasteiger partial charge in [0.05, 0.1) is 17.0 Å². The Morgan fingerprint density at radius 1 is 1.25 bits per heavy atom. The Bertz CT molecular complexity index is 617. The molecule has 0 aliphatic carbocycles. The SMILES string of the molecule is C[C@H](C(=O)N(C)C)N(c1cc(Cl)ccc1Cl)S(C)(=O)=O. The third-order valence-corrected chi connectivity index (χ3v) is 4.44. The van der Waals surface area contributed by atoms with Crippen LogP contribution in [0.25, 0.3) is 0 Å². The lowest BCUT2D eigenvalue weighted by molar-refractivity contribution is -0.129. The van der Waals surface area contributed by atoms with Crippen molar-refractivity contribution in [3.8, 4) is 0 Å². The van der Waals surface area contributed by atoms with E-state index in [4.69, 9.17) is 23.2 Å². The fourth-order valence-corrected chi connectivity index (χ4v) is 3.40. The number of hydrogen-bond donors (Lipinski definition) is 0. The van der Waals surface area contributed by atoms with Crippen LogP contribution in [0.5, 0.6) is 0 Å². The summed E-state index contributed by atoms with van der Waals surface area (Å²) in [5.41, 5.74) is 0.185. The van der Waals surface area contributed by atoms with Gasteiger partial charge in [0.2, 0.25) is 15.9 Å². The number of carbonyl (C=O) groups is 1. The standard InChI is InChI=1S/C12H16Cl2N2O3S/c1-8(12(17)15(2)3)16(20(4,18)19)11-7-9(13)5-6-10(11)14/h5-8H,1-4H3/t8-/m1/s1. The molecule has 0 bridgehead atoms. The van der Waals surface area contributed by atoms with Crippen LogP contribution in [0.1, 0.15) is 6.92 Å². The molecule has 0 aliphatic rings. The van der Waals surface area contributed by atoms with Gasteiger partial charge in [0.1, 0.15) is 6.04 Å². The monoisotopic (exact) mass is 338 g/mol. The van der Waals surface area contributed by atoms with E-state index in [1.807, 2.05) is 0 Å². The summed E-state index contributed by atoms with van der Waals surface area (Å²) >= 11 is 11.9. The maximum absolute atomic E-state index is 12.0. The molecule has 0 aromatic heterocycles. The molecular formula is C12H16Cl2N2O3S. The highest BCUT2D eigenvalue weighted by molar-refractivity contribution is 7.92. The average Bonchev–Trinajstić information content (AvgIpc) is 2.30. The summed E-state index contributed by atoms with van der Waals surface area (Å²) in [4.78, 5) is 13.4. The van der Waals surface area contributed by atoms with Crippen molar-refractivity contribution in [3.05, 3.63) is 28.2 Å². The largest absolute Gasteiger partial charge is 0.347 e. The van der Waals surface area contributed by atoms with E-state index < -0.39 is 16.1 Å². The summed E-state index contributed by atoms with van der Waals surface area (Å²) in [5.74, 6) is -0.355. The van der Waals surface area contributed by atoms with Gasteiger partial charge < -0.3 is 4.90 Å². The van der Waals surface area contributed by atoms with E-state index >= 15 is 0 Å². The number of halogens is 2. The molecule has 1 amide bonds. The Morgan fingerprint density at radius 2 is 1.80 bits per heavy atom. The second-order valence-corrected chi connectivity index (χ2v) is 7.27. The summed E-state index contributed by atoms with van der Waals surface area (Å²) in [6.45, 7) is 1.50. The quantitative estimate of drug-likeness (QED) is 0.845. The van der Waals surface area contributed by atoms with Crippen molar-refractivity contribution >= 4 is 44.8 Å². The van der Waals surface area contributed by atoms with Crippen LogP contribution >= 0.6 is 23.2 Å². The molecule has 0 aliphatic heterocycles. The molecule has 1 aromatic carbocycles. The van der Waals surface area contributed by atoms with Gasteiger partial charge in [0.15, 0.2) is 0 Å². The highest BCUT2D eigenvalue weighted by Crippen LogP contribution is 2.32. The number of nitrogens with zero attached hydrogens (tertiary/aromatic N) is 2. The first-order chi connectivity index (χ1) is 9.05. The predicted octanol–water partition coefficient (Wildman–Crippen LogP) is 2.24. The smallest absolute Gasteiger partial charge is 0.245 e. The molecule has 1 aromatic rings. The van der Waals surface area contributed by atoms with E-state index in [1.165, 1.54) is 24.0 Å². The van der Waals surface area contributed by atoms with Crippen LogP contribution in [0.4, 0.5) is 5.69 Å². The Labute approximate surface area is 129 Å². The van der Waals surface area contributed by atoms with Gasteiger partial charge in [-0.05, 0) is 25.1 Å². The van der Waals surface area contributed by atoms with E-state index in [0.717, 1.165) is 10.6 Å². The summed E-state index contributed by atoms with van der Waals surface area (Å²) < 4.78 is 25.0. The van der Waals surface area contributed by atoms with Crippen LogP contribution in [-0.4, -0.2) is 45.6 Å². The molecule has 0 N–H and O–H groups in total. The first kappa shape index (κ1) is 17.1. The highest BCUT2D eigenvalue weighted by atomic mass is 35.5. The summed E-state index contributed by atoms with van der Waals surface area (Å²) in [7, 11) is -0.583. The summed E-state index contributed by atoms with van der Waals surface area (Å²) in [5, 5.41) is 0.542. The number of amides is 1. The molecule has 0 spiro atoms. The number of carbonyl (C=O) groups excluding carboxylic acids is 1. The van der Waals surface area contributed by atoms with Crippen LogP contribution in [0.3, 0.4) is 0 Å². The Balaban J connectivity index is 3.42. The van der Waals surface area contributed by atoms with Crippen LogP contribution < -0.4 is 4.31 Å². The molecule has 112 valence electrons. The maximum atomic E-state index is 12.0. The van der Waals surface area contributed by atoms with Crippen molar-refractivity contribution in [2.75, 3.05) is 24.7 Å². The fourth-order valence-electron chi connectivity index (χ4n) is 1.80. The number of likely N-dealkylation sites (N-methyl/N-ethyl adjacent to an activating group) is 1. The molecule has 5 nitrogen and oxygen atoms in total. The normalized spacial score (nSPS) is 12.9. The molecule has 0 saturated carbocycles. The minimum atomic E-state index is -3.69. The lowest BCUT2D eigenvalue weighted by Gasteiger charge is -2.30. The van der Waals surface area contributed by atoms with Crippen molar-refractivity contribution in [2.45, 2.75) is 13.0 Å². The van der Waals surface area contributed by atoms with Crippen LogP contribution in [-0.2, 0) is 14.8 Å². The third kappa shape index (κ3) is 3.77. The number of anilines is 1. The van der Waals surface area contributed by atoms with E-state index in [0.29, 0.717) is 5.02 Å². The molecule has 0 heterocycles. The molecule has 1 atom stereocenters. The van der Waals surface area contributed by atoms with Gasteiger partial charge in [-0.3, -0.25) is 9.10 Å². The van der Waals surface area contributed by atoms with Crippen molar-refractivity contribution < 1.29 is 13.2 Å². The minimum absolute atomic E-state index is 0.185. The zero-order valence-corrected chi connectivity index (χ0v) is 13.9. The van der Waals surface area contributed by atoms with E-state index in [9.17, 15) is 13.2 Å². The van der Waals surface area contributed by atoms with Crippen molar-refractivity contribution in [1.29, 1.82) is 0 Å². The predicted molar refractivity (Wildman–Crippen MR) is 81.9 cm³/mol. The number of benzene rings is 1. The molecule has 20 heavy (non-hydrogen) atoms. The minimum Gasteiger partial charge on any atom is -0.347 e. The van der Waals surface area contributed by atoms with Crippen molar-refractivity contribution in [1.82, 2.24) is 4.90 Å². The second-order valence-electron chi connectivity index (χ2n) is 4.56. The van der Waals surface area contributed by atoms with Crippen molar-refractivity contribution in [3.63, 3.8) is 0 Å². The molecule has 8 heteroatoms. The topological polar surface area (TPSA) is 57.7 Å². The van der Waals surface area contributed by atoms with Gasteiger partial charge in [0.25, 0.3) is 0 Å². The van der Waals surface area contributed by atoms with E-state index in [-0.39, 0.29) is 16.6 Å². The Morgan fingerprint density at radius 3 is 2.25 bits per heavy atom. The molecule has 1 rings (SSSR count). The Kier molecular flexibility index (Phi) is 5.29. The number of sulfonamides is 1. The highest BCUT2D eigenvalue weighted by Gasteiger charge is 2.31. The van der Waals surface area contributed by atoms with Gasteiger partial charge in [0, 0.05) is 19.1 Å². The number of rotatable bonds is 4. The van der Waals surface area contributed by atoms with Crippen LogP contribution in [0.15, 0.2) is 18.2 Å². The average molecular weight is 339 g/mol. The van der Waals surface area contributed by atoms with E-state index in [1.54, 1.807) is 20.2 Å². The van der Waals surface area contributed by atoms with Gasteiger partial charge in [-0.2, -0.15) is 0 Å². The van der Waals surface area contributed by atoms with Gasteiger partial charge in [-0.1, -0.05) is 23.2 Å². The van der Waals surface area contributed by atoms with Gasteiger partial charge in [-0.25, -0.2) is 8.42 Å². The zero-order valence-electron chi connectivity index (χ0n) is 11.6. The van der Waals surface area contributed by atoms with Gasteiger partial charge >= 0.3 is 0 Å². The van der Waals surface area contributed by atoms with Crippen LogP contribution in [0.2, 0.25) is 10.0 Å². The number of hydrogen-bond acceptors (Lipinski definition) is 3. The van der Waals surface area contributed by atoms with Gasteiger partial charge in [-0.15, -0.1) is 0 Å². The molecule has 0 saturated heterocycles.